The standard InChI is InChI=1S/C15H20O3/c1-4-15(17)14(11(2)16)9-8-12-6-5-7-13(10-12)18-3/h5-7,10,14H,4,8-9H2,1-3H3. The van der Waals surface area contributed by atoms with Crippen molar-refractivity contribution in [2.24, 2.45) is 5.92 Å². The molecule has 1 atom stereocenters. The Morgan fingerprint density at radius 1 is 1.33 bits per heavy atom. The average Bonchev–Trinajstić information content (AvgIpc) is 2.38. The summed E-state index contributed by atoms with van der Waals surface area (Å²) in [5.74, 6) is 0.338. The number of carbonyl (C=O) groups excluding carboxylic acids is 2. The van der Waals surface area contributed by atoms with E-state index >= 15 is 0 Å². The molecular weight excluding hydrogens is 228 g/mol. The highest BCUT2D eigenvalue weighted by Crippen LogP contribution is 2.17. The van der Waals surface area contributed by atoms with Gasteiger partial charge in [0, 0.05) is 6.42 Å². The molecule has 18 heavy (non-hydrogen) atoms. The maximum absolute atomic E-state index is 11.7. The third kappa shape index (κ3) is 3.99. The molecule has 0 aromatic heterocycles. The van der Waals surface area contributed by atoms with Crippen molar-refractivity contribution in [2.45, 2.75) is 33.1 Å². The van der Waals surface area contributed by atoms with E-state index in [1.165, 1.54) is 6.92 Å². The molecule has 0 spiro atoms. The molecule has 0 saturated heterocycles. The van der Waals surface area contributed by atoms with Gasteiger partial charge in [-0.05, 0) is 37.5 Å². The monoisotopic (exact) mass is 248 g/mol. The lowest BCUT2D eigenvalue weighted by atomic mass is 9.91. The summed E-state index contributed by atoms with van der Waals surface area (Å²) in [6.07, 6.45) is 1.71. The fourth-order valence-corrected chi connectivity index (χ4v) is 1.98. The SMILES string of the molecule is CCC(=O)C(CCc1cccc(OC)c1)C(C)=O. The van der Waals surface area contributed by atoms with Crippen LogP contribution in [0.2, 0.25) is 0 Å². The normalized spacial score (nSPS) is 11.9. The van der Waals surface area contributed by atoms with Gasteiger partial charge in [0.25, 0.3) is 0 Å². The Morgan fingerprint density at radius 3 is 2.61 bits per heavy atom. The molecule has 0 radical (unpaired) electrons. The van der Waals surface area contributed by atoms with Gasteiger partial charge in [-0.15, -0.1) is 0 Å². The van der Waals surface area contributed by atoms with Crippen LogP contribution in [-0.2, 0) is 16.0 Å². The molecule has 0 aliphatic rings. The highest BCUT2D eigenvalue weighted by atomic mass is 16.5. The Kier molecular flexibility index (Phi) is 5.56. The van der Waals surface area contributed by atoms with Gasteiger partial charge in [0.2, 0.25) is 0 Å². The van der Waals surface area contributed by atoms with Crippen molar-refractivity contribution in [3.05, 3.63) is 29.8 Å². The molecular formula is C15H20O3. The minimum Gasteiger partial charge on any atom is -0.497 e. The van der Waals surface area contributed by atoms with E-state index in [1.54, 1.807) is 14.0 Å². The number of rotatable bonds is 7. The van der Waals surface area contributed by atoms with Gasteiger partial charge in [0.15, 0.2) is 0 Å². The summed E-state index contributed by atoms with van der Waals surface area (Å²) < 4.78 is 5.14. The summed E-state index contributed by atoms with van der Waals surface area (Å²) in [5, 5.41) is 0. The Bertz CT molecular complexity index is 424. The molecule has 0 saturated carbocycles. The van der Waals surface area contributed by atoms with Crippen LogP contribution in [0, 0.1) is 5.92 Å². The van der Waals surface area contributed by atoms with Crippen molar-refractivity contribution in [3.8, 4) is 5.75 Å². The first-order valence-electron chi connectivity index (χ1n) is 6.24. The molecule has 0 amide bonds. The third-order valence-corrected chi connectivity index (χ3v) is 3.08. The lowest BCUT2D eigenvalue weighted by molar-refractivity contribution is -0.131. The summed E-state index contributed by atoms with van der Waals surface area (Å²) >= 11 is 0. The zero-order chi connectivity index (χ0) is 13.5. The van der Waals surface area contributed by atoms with E-state index in [-0.39, 0.29) is 11.6 Å². The van der Waals surface area contributed by atoms with Crippen molar-refractivity contribution in [1.29, 1.82) is 0 Å². The molecule has 0 aliphatic heterocycles. The van der Waals surface area contributed by atoms with Crippen LogP contribution in [0.1, 0.15) is 32.3 Å². The Labute approximate surface area is 108 Å². The molecule has 1 aromatic carbocycles. The van der Waals surface area contributed by atoms with E-state index in [1.807, 2.05) is 24.3 Å². The highest BCUT2D eigenvalue weighted by molar-refractivity contribution is 6.01. The first-order chi connectivity index (χ1) is 8.58. The molecule has 0 aliphatic carbocycles. The first-order valence-corrected chi connectivity index (χ1v) is 6.24. The molecule has 0 heterocycles. The first kappa shape index (κ1) is 14.4. The number of methoxy groups -OCH3 is 1. The van der Waals surface area contributed by atoms with Gasteiger partial charge >= 0.3 is 0 Å². The molecule has 0 fully saturated rings. The van der Waals surface area contributed by atoms with E-state index in [4.69, 9.17) is 4.74 Å². The van der Waals surface area contributed by atoms with Crippen molar-refractivity contribution < 1.29 is 14.3 Å². The molecule has 1 aromatic rings. The Balaban J connectivity index is 2.66. The van der Waals surface area contributed by atoms with Gasteiger partial charge in [-0.25, -0.2) is 0 Å². The van der Waals surface area contributed by atoms with Gasteiger partial charge in [-0.3, -0.25) is 9.59 Å². The van der Waals surface area contributed by atoms with E-state index < -0.39 is 5.92 Å². The third-order valence-electron chi connectivity index (χ3n) is 3.08. The predicted octanol–water partition coefficient (Wildman–Crippen LogP) is 2.81. The summed E-state index contributed by atoms with van der Waals surface area (Å²) in [5.41, 5.74) is 1.09. The van der Waals surface area contributed by atoms with Crippen molar-refractivity contribution >= 4 is 11.6 Å². The van der Waals surface area contributed by atoms with E-state index in [2.05, 4.69) is 0 Å². The number of ketones is 2. The number of carbonyl (C=O) groups is 2. The van der Waals surface area contributed by atoms with Crippen LogP contribution in [0.4, 0.5) is 0 Å². The summed E-state index contributed by atoms with van der Waals surface area (Å²) in [7, 11) is 1.62. The zero-order valence-electron chi connectivity index (χ0n) is 11.2. The van der Waals surface area contributed by atoms with E-state index in [0.29, 0.717) is 19.3 Å². The molecule has 0 bridgehead atoms. The van der Waals surface area contributed by atoms with Crippen LogP contribution >= 0.6 is 0 Å². The van der Waals surface area contributed by atoms with Crippen LogP contribution in [0.25, 0.3) is 0 Å². The van der Waals surface area contributed by atoms with Crippen molar-refractivity contribution in [3.63, 3.8) is 0 Å². The summed E-state index contributed by atoms with van der Waals surface area (Å²) in [6.45, 7) is 3.29. The lowest BCUT2D eigenvalue weighted by Crippen LogP contribution is -2.21. The fourth-order valence-electron chi connectivity index (χ4n) is 1.98. The quantitative estimate of drug-likeness (QED) is 0.697. The van der Waals surface area contributed by atoms with Crippen molar-refractivity contribution in [2.75, 3.05) is 7.11 Å². The van der Waals surface area contributed by atoms with Gasteiger partial charge in [0.1, 0.15) is 17.3 Å². The topological polar surface area (TPSA) is 43.4 Å². The van der Waals surface area contributed by atoms with Crippen LogP contribution in [0.15, 0.2) is 24.3 Å². The smallest absolute Gasteiger partial charge is 0.143 e. The summed E-state index contributed by atoms with van der Waals surface area (Å²) in [6, 6.07) is 7.71. The molecule has 1 rings (SSSR count). The Morgan fingerprint density at radius 2 is 2.06 bits per heavy atom. The predicted molar refractivity (Wildman–Crippen MR) is 70.8 cm³/mol. The Hall–Kier alpha value is -1.64. The number of Topliss-reactive ketones (excluding diaryl/α,β-unsaturated/α-hetero) is 2. The number of aryl methyl sites for hydroxylation is 1. The van der Waals surface area contributed by atoms with Crippen LogP contribution in [0.3, 0.4) is 0 Å². The molecule has 3 heteroatoms. The van der Waals surface area contributed by atoms with Gasteiger partial charge in [-0.1, -0.05) is 19.1 Å². The molecule has 0 N–H and O–H groups in total. The second-order valence-corrected chi connectivity index (χ2v) is 4.37. The highest BCUT2D eigenvalue weighted by Gasteiger charge is 2.21. The largest absolute Gasteiger partial charge is 0.497 e. The maximum Gasteiger partial charge on any atom is 0.143 e. The lowest BCUT2D eigenvalue weighted by Gasteiger charge is -2.11. The fraction of sp³-hybridized carbons (Fsp3) is 0.467. The van der Waals surface area contributed by atoms with E-state index in [9.17, 15) is 9.59 Å². The van der Waals surface area contributed by atoms with Gasteiger partial charge in [-0.2, -0.15) is 0 Å². The summed E-state index contributed by atoms with van der Waals surface area (Å²) in [4.78, 5) is 23.1. The maximum atomic E-state index is 11.7. The number of benzene rings is 1. The zero-order valence-corrected chi connectivity index (χ0v) is 11.2. The molecule has 1 unspecified atom stereocenters. The minimum atomic E-state index is -0.457. The number of hydrogen-bond donors (Lipinski definition) is 0. The molecule has 3 nitrogen and oxygen atoms in total. The number of hydrogen-bond acceptors (Lipinski definition) is 3. The van der Waals surface area contributed by atoms with Crippen LogP contribution in [-0.4, -0.2) is 18.7 Å². The van der Waals surface area contributed by atoms with Crippen LogP contribution in [0.5, 0.6) is 5.75 Å². The van der Waals surface area contributed by atoms with Gasteiger partial charge in [0.05, 0.1) is 13.0 Å². The van der Waals surface area contributed by atoms with Crippen molar-refractivity contribution in [1.82, 2.24) is 0 Å². The number of ether oxygens (including phenoxy) is 1. The molecule has 98 valence electrons. The minimum absolute atomic E-state index is 0.0328. The second kappa shape index (κ2) is 6.94. The average molecular weight is 248 g/mol. The second-order valence-electron chi connectivity index (χ2n) is 4.37. The van der Waals surface area contributed by atoms with E-state index in [0.717, 1.165) is 11.3 Å². The van der Waals surface area contributed by atoms with Gasteiger partial charge < -0.3 is 4.74 Å². The van der Waals surface area contributed by atoms with Crippen LogP contribution < -0.4 is 4.74 Å².